The van der Waals surface area contributed by atoms with Crippen molar-refractivity contribution in [1.29, 1.82) is 0 Å². The van der Waals surface area contributed by atoms with E-state index in [1.54, 1.807) is 18.0 Å². The van der Waals surface area contributed by atoms with Crippen LogP contribution in [0.15, 0.2) is 78.3 Å². The first-order chi connectivity index (χ1) is 14.2. The topological polar surface area (TPSA) is 56.5 Å². The van der Waals surface area contributed by atoms with Crippen LogP contribution in [0.4, 0.5) is 0 Å². The Kier molecular flexibility index (Phi) is 6.00. The molecule has 0 N–H and O–H groups in total. The molecule has 0 fully saturated rings. The molecular formula is C23H23N5S. The van der Waals surface area contributed by atoms with Gasteiger partial charge in [0.05, 0.1) is 5.69 Å². The molecule has 4 rings (SSSR count). The van der Waals surface area contributed by atoms with E-state index < -0.39 is 0 Å². The molecule has 0 unspecified atom stereocenters. The van der Waals surface area contributed by atoms with E-state index in [9.17, 15) is 0 Å². The molecule has 1 aromatic carbocycles. The molecule has 0 saturated carbocycles. The number of hydrogen-bond acceptors (Lipinski definition) is 5. The Morgan fingerprint density at radius 1 is 0.931 bits per heavy atom. The molecule has 0 radical (unpaired) electrons. The van der Waals surface area contributed by atoms with Crippen molar-refractivity contribution < 1.29 is 0 Å². The Bertz CT molecular complexity index is 1060. The van der Waals surface area contributed by atoms with E-state index in [4.69, 9.17) is 0 Å². The summed E-state index contributed by atoms with van der Waals surface area (Å²) in [6.45, 7) is 4.42. The monoisotopic (exact) mass is 401 g/mol. The molecule has 0 aliphatic carbocycles. The van der Waals surface area contributed by atoms with Crippen LogP contribution in [0, 0.1) is 0 Å². The molecule has 29 heavy (non-hydrogen) atoms. The van der Waals surface area contributed by atoms with Gasteiger partial charge in [0.25, 0.3) is 0 Å². The summed E-state index contributed by atoms with van der Waals surface area (Å²) >= 11 is 1.70. The van der Waals surface area contributed by atoms with Crippen LogP contribution in [0.3, 0.4) is 0 Å². The van der Waals surface area contributed by atoms with Gasteiger partial charge < -0.3 is 0 Å². The molecule has 146 valence electrons. The van der Waals surface area contributed by atoms with Crippen LogP contribution in [0.5, 0.6) is 0 Å². The minimum absolute atomic E-state index is 0.390. The quantitative estimate of drug-likeness (QED) is 0.399. The van der Waals surface area contributed by atoms with E-state index in [0.717, 1.165) is 40.1 Å². The fraction of sp³-hybridized carbons (Fsp3) is 0.217. The Morgan fingerprint density at radius 2 is 1.79 bits per heavy atom. The van der Waals surface area contributed by atoms with Crippen LogP contribution < -0.4 is 0 Å². The zero-order valence-corrected chi connectivity index (χ0v) is 17.4. The molecule has 3 aromatic heterocycles. The van der Waals surface area contributed by atoms with Gasteiger partial charge in [0.15, 0.2) is 11.0 Å². The largest absolute Gasteiger partial charge is 0.270 e. The highest BCUT2D eigenvalue weighted by molar-refractivity contribution is 7.99. The zero-order valence-electron chi connectivity index (χ0n) is 16.6. The molecule has 5 nitrogen and oxygen atoms in total. The third kappa shape index (κ3) is 4.38. The highest BCUT2D eigenvalue weighted by Crippen LogP contribution is 2.32. The Morgan fingerprint density at radius 3 is 2.55 bits per heavy atom. The molecule has 0 saturated heterocycles. The molecule has 0 atom stereocenters. The third-order valence-corrected chi connectivity index (χ3v) is 5.60. The predicted octanol–water partition coefficient (Wildman–Crippen LogP) is 5.18. The molecule has 0 aliphatic heterocycles. The molecule has 0 aliphatic rings. The summed E-state index contributed by atoms with van der Waals surface area (Å²) in [5.74, 6) is 2.08. The number of aromatic nitrogens is 5. The Hall–Kier alpha value is -2.99. The summed E-state index contributed by atoms with van der Waals surface area (Å²) < 4.78 is 2.16. The van der Waals surface area contributed by atoms with Crippen LogP contribution in [0.25, 0.3) is 17.1 Å². The van der Waals surface area contributed by atoms with Gasteiger partial charge in [0, 0.05) is 35.6 Å². The summed E-state index contributed by atoms with van der Waals surface area (Å²) in [6.07, 6.45) is 6.32. The summed E-state index contributed by atoms with van der Waals surface area (Å²) in [5.41, 5.74) is 4.42. The molecule has 0 amide bonds. The van der Waals surface area contributed by atoms with Crippen molar-refractivity contribution in [1.82, 2.24) is 24.7 Å². The van der Waals surface area contributed by atoms with E-state index in [0.29, 0.717) is 5.92 Å². The van der Waals surface area contributed by atoms with Crippen molar-refractivity contribution >= 4 is 11.8 Å². The van der Waals surface area contributed by atoms with E-state index >= 15 is 0 Å². The van der Waals surface area contributed by atoms with Gasteiger partial charge in [-0.25, -0.2) is 0 Å². The standard InChI is InChI=1S/C23H23N5S/c1-17(2)20-10-3-4-11-21(20)28-22(18-8-7-13-24-16-18)26-27-23(28)29-15-12-19-9-5-6-14-25-19/h3-11,13-14,16-17H,12,15H2,1-2H3. The molecular weight excluding hydrogens is 378 g/mol. The van der Waals surface area contributed by atoms with E-state index in [1.807, 2.05) is 36.7 Å². The maximum absolute atomic E-state index is 4.53. The second kappa shape index (κ2) is 9.01. The van der Waals surface area contributed by atoms with Crippen molar-refractivity contribution in [3.05, 3.63) is 84.4 Å². The minimum atomic E-state index is 0.390. The summed E-state index contributed by atoms with van der Waals surface area (Å²) in [6, 6.07) is 18.4. The van der Waals surface area contributed by atoms with E-state index in [2.05, 4.69) is 68.9 Å². The third-order valence-electron chi connectivity index (χ3n) is 4.67. The Balaban J connectivity index is 1.72. The van der Waals surface area contributed by atoms with E-state index in [1.165, 1.54) is 5.56 Å². The van der Waals surface area contributed by atoms with Crippen molar-refractivity contribution in [2.45, 2.75) is 31.3 Å². The molecule has 0 spiro atoms. The number of thioether (sulfide) groups is 1. The number of rotatable bonds is 7. The fourth-order valence-corrected chi connectivity index (χ4v) is 4.14. The van der Waals surface area contributed by atoms with Gasteiger partial charge in [-0.2, -0.15) is 0 Å². The van der Waals surface area contributed by atoms with Crippen LogP contribution >= 0.6 is 11.8 Å². The van der Waals surface area contributed by atoms with Crippen molar-refractivity contribution in [3.63, 3.8) is 0 Å². The first-order valence-electron chi connectivity index (χ1n) is 9.72. The maximum atomic E-state index is 4.53. The number of aryl methyl sites for hydroxylation is 1. The lowest BCUT2D eigenvalue weighted by atomic mass is 10.0. The van der Waals surface area contributed by atoms with Gasteiger partial charge >= 0.3 is 0 Å². The Labute approximate surface area is 175 Å². The summed E-state index contributed by atoms with van der Waals surface area (Å²) in [5, 5.41) is 9.94. The number of hydrogen-bond donors (Lipinski definition) is 0. The minimum Gasteiger partial charge on any atom is -0.270 e. The number of nitrogens with zero attached hydrogens (tertiary/aromatic N) is 5. The van der Waals surface area contributed by atoms with Gasteiger partial charge in [-0.05, 0) is 48.2 Å². The van der Waals surface area contributed by atoms with Crippen LogP contribution in [-0.4, -0.2) is 30.5 Å². The molecule has 4 aromatic rings. The molecule has 0 bridgehead atoms. The summed E-state index contributed by atoms with van der Waals surface area (Å²) in [7, 11) is 0. The van der Waals surface area contributed by atoms with Crippen molar-refractivity contribution in [2.24, 2.45) is 0 Å². The smallest absolute Gasteiger partial charge is 0.196 e. The lowest BCUT2D eigenvalue weighted by Crippen LogP contribution is -2.05. The van der Waals surface area contributed by atoms with Crippen molar-refractivity contribution in [2.75, 3.05) is 5.75 Å². The molecule has 6 heteroatoms. The second-order valence-corrected chi connectivity index (χ2v) is 8.08. The number of benzene rings is 1. The lowest BCUT2D eigenvalue weighted by molar-refractivity contribution is 0.818. The highest BCUT2D eigenvalue weighted by Gasteiger charge is 2.19. The fourth-order valence-electron chi connectivity index (χ4n) is 3.23. The van der Waals surface area contributed by atoms with E-state index in [-0.39, 0.29) is 0 Å². The van der Waals surface area contributed by atoms with Gasteiger partial charge in [-0.1, -0.05) is 49.9 Å². The number of pyridine rings is 2. The summed E-state index contributed by atoms with van der Waals surface area (Å²) in [4.78, 5) is 8.68. The van der Waals surface area contributed by atoms with Gasteiger partial charge in [-0.3, -0.25) is 14.5 Å². The van der Waals surface area contributed by atoms with Crippen LogP contribution in [-0.2, 0) is 6.42 Å². The van der Waals surface area contributed by atoms with Gasteiger partial charge in [0.1, 0.15) is 0 Å². The highest BCUT2D eigenvalue weighted by atomic mass is 32.2. The molecule has 3 heterocycles. The van der Waals surface area contributed by atoms with Crippen molar-refractivity contribution in [3.8, 4) is 17.1 Å². The maximum Gasteiger partial charge on any atom is 0.196 e. The second-order valence-electron chi connectivity index (χ2n) is 7.02. The first-order valence-corrected chi connectivity index (χ1v) is 10.7. The SMILES string of the molecule is CC(C)c1ccccc1-n1c(SCCc2ccccn2)nnc1-c1cccnc1. The zero-order chi connectivity index (χ0) is 20.1. The van der Waals surface area contributed by atoms with Crippen LogP contribution in [0.2, 0.25) is 0 Å². The normalized spacial score (nSPS) is 11.1. The van der Waals surface area contributed by atoms with Crippen LogP contribution in [0.1, 0.15) is 31.0 Å². The first kappa shape index (κ1) is 19.3. The van der Waals surface area contributed by atoms with Gasteiger partial charge in [-0.15, -0.1) is 10.2 Å². The lowest BCUT2D eigenvalue weighted by Gasteiger charge is -2.16. The average molecular weight is 402 g/mol. The van der Waals surface area contributed by atoms with Gasteiger partial charge in [0.2, 0.25) is 0 Å². The number of para-hydroxylation sites is 1. The predicted molar refractivity (Wildman–Crippen MR) is 117 cm³/mol. The average Bonchev–Trinajstić information content (AvgIpc) is 3.19.